The second-order valence-electron chi connectivity index (χ2n) is 22.6. The first-order valence-corrected chi connectivity index (χ1v) is 21.6. The summed E-state index contributed by atoms with van der Waals surface area (Å²) in [5, 5.41) is 12.4. The van der Waals surface area contributed by atoms with Crippen LogP contribution in [0.15, 0.2) is 48.5 Å². The molecule has 0 saturated carbocycles. The number of aryl methyl sites for hydroxylation is 2. The van der Waals surface area contributed by atoms with E-state index in [2.05, 4.69) is 187 Å². The third kappa shape index (κ3) is 9.12. The zero-order valence-corrected chi connectivity index (χ0v) is 39.3. The number of aromatic hydroxyl groups is 1. The quantitative estimate of drug-likeness (QED) is 0.210. The Kier molecular flexibility index (Phi) is 11.2. The molecule has 5 rings (SSSR count). The second-order valence-corrected chi connectivity index (χ2v) is 23.6. The van der Waals surface area contributed by atoms with E-state index in [0.717, 1.165) is 61.6 Å². The first-order valence-electron chi connectivity index (χ1n) is 20.5. The van der Waals surface area contributed by atoms with E-state index in [0.29, 0.717) is 12.2 Å². The van der Waals surface area contributed by atoms with Crippen LogP contribution in [0.2, 0.25) is 0 Å². The van der Waals surface area contributed by atoms with Crippen LogP contribution in [-0.4, -0.2) is 5.11 Å². The van der Waals surface area contributed by atoms with Crippen LogP contribution in [0, 0.1) is 13.8 Å². The molecule has 4 aromatic carbocycles. The highest BCUT2D eigenvalue weighted by Crippen LogP contribution is 2.56. The molecule has 0 atom stereocenters. The maximum Gasteiger partial charge on any atom is 0.530 e. The van der Waals surface area contributed by atoms with Gasteiger partial charge in [-0.1, -0.05) is 172 Å². The summed E-state index contributed by atoms with van der Waals surface area (Å²) >= 11 is 0. The van der Waals surface area contributed by atoms with E-state index in [9.17, 15) is 5.11 Å². The first kappa shape index (κ1) is 43.6. The van der Waals surface area contributed by atoms with E-state index in [4.69, 9.17) is 13.6 Å². The molecule has 1 aliphatic heterocycles. The fraction of sp³-hybridized carbons (Fsp3) is 0.529. The van der Waals surface area contributed by atoms with Crippen molar-refractivity contribution in [1.82, 2.24) is 0 Å². The maximum absolute atomic E-state index is 12.4. The molecule has 4 nitrogen and oxygen atoms in total. The van der Waals surface area contributed by atoms with Gasteiger partial charge in [-0.05, 0) is 80.7 Å². The number of rotatable bonds is 3. The van der Waals surface area contributed by atoms with Gasteiger partial charge in [-0.15, -0.1) is 0 Å². The SMILES string of the molecule is Cc1cc2c(c(C(C)(C)C)c1)OP(Oc1c(-c3cc(C(C)(C)C)cc(C(C)(C)C)c3O)cc(C(C)(C)C)cc1C(C)(C)C)Oc1c(cc(C)cc1C(C)(C)C)C2. The topological polar surface area (TPSA) is 47.9 Å². The Labute approximate surface area is 341 Å². The van der Waals surface area contributed by atoms with E-state index in [-0.39, 0.29) is 38.2 Å². The summed E-state index contributed by atoms with van der Waals surface area (Å²) in [6.45, 7) is 44.4. The number of phenols is 1. The first-order chi connectivity index (χ1) is 25.3. The molecular weight excluding hydrogens is 708 g/mol. The van der Waals surface area contributed by atoms with Gasteiger partial charge in [0.1, 0.15) is 23.0 Å². The number of hydrogen-bond acceptors (Lipinski definition) is 4. The summed E-state index contributed by atoms with van der Waals surface area (Å²) in [7, 11) is -2.07. The van der Waals surface area contributed by atoms with Crippen molar-refractivity contribution in [2.24, 2.45) is 0 Å². The minimum Gasteiger partial charge on any atom is -0.507 e. The zero-order valence-electron chi connectivity index (χ0n) is 38.4. The van der Waals surface area contributed by atoms with Crippen LogP contribution < -0.4 is 13.6 Å². The lowest BCUT2D eigenvalue weighted by Gasteiger charge is -2.34. The molecule has 56 heavy (non-hydrogen) atoms. The molecule has 0 amide bonds. The molecule has 1 aliphatic rings. The molecule has 0 bridgehead atoms. The predicted molar refractivity (Wildman–Crippen MR) is 240 cm³/mol. The van der Waals surface area contributed by atoms with Gasteiger partial charge in [0.15, 0.2) is 0 Å². The lowest BCUT2D eigenvalue weighted by molar-refractivity contribution is 0.366. The molecule has 0 aliphatic carbocycles. The Bertz CT molecular complexity index is 2060. The molecule has 5 heteroatoms. The fourth-order valence-corrected chi connectivity index (χ4v) is 8.72. The molecule has 1 N–H and O–H groups in total. The van der Waals surface area contributed by atoms with Gasteiger partial charge in [0.2, 0.25) is 0 Å². The van der Waals surface area contributed by atoms with Crippen molar-refractivity contribution >= 4 is 8.60 Å². The van der Waals surface area contributed by atoms with Crippen molar-refractivity contribution in [3.8, 4) is 34.1 Å². The van der Waals surface area contributed by atoms with Crippen molar-refractivity contribution in [3.05, 3.63) is 104 Å². The molecule has 0 spiro atoms. The van der Waals surface area contributed by atoms with E-state index in [1.807, 2.05) is 0 Å². The minimum absolute atomic E-state index is 0.162. The van der Waals surface area contributed by atoms with Crippen LogP contribution in [-0.2, 0) is 38.9 Å². The summed E-state index contributed by atoms with van der Waals surface area (Å²) < 4.78 is 21.8. The Balaban J connectivity index is 1.92. The number of hydrogen-bond donors (Lipinski definition) is 1. The average Bonchev–Trinajstić information content (AvgIpc) is 2.99. The fourth-order valence-electron chi connectivity index (χ4n) is 7.54. The van der Waals surface area contributed by atoms with Crippen LogP contribution in [0.25, 0.3) is 11.1 Å². The highest BCUT2D eigenvalue weighted by atomic mass is 31.2. The monoisotopic (exact) mass is 779 g/mol. The van der Waals surface area contributed by atoms with Gasteiger partial charge in [0.25, 0.3) is 0 Å². The van der Waals surface area contributed by atoms with Crippen molar-refractivity contribution in [2.45, 2.75) is 177 Å². The minimum atomic E-state index is -2.07. The number of phenolic OH excluding ortho intramolecular Hbond substituents is 1. The highest BCUT2D eigenvalue weighted by molar-refractivity contribution is 7.43. The summed E-state index contributed by atoms with van der Waals surface area (Å²) in [4.78, 5) is 0. The van der Waals surface area contributed by atoms with Crippen LogP contribution in [0.4, 0.5) is 0 Å². The van der Waals surface area contributed by atoms with Gasteiger partial charge in [-0.3, -0.25) is 0 Å². The van der Waals surface area contributed by atoms with E-state index < -0.39 is 8.60 Å². The lowest BCUT2D eigenvalue weighted by Crippen LogP contribution is -2.21. The molecular formula is C51H71O4P. The molecule has 0 aromatic heterocycles. The van der Waals surface area contributed by atoms with E-state index >= 15 is 0 Å². The number of benzene rings is 4. The Morgan fingerprint density at radius 2 is 0.839 bits per heavy atom. The number of fused-ring (bicyclic) bond motifs is 2. The van der Waals surface area contributed by atoms with Crippen molar-refractivity contribution < 1.29 is 18.7 Å². The van der Waals surface area contributed by atoms with Crippen molar-refractivity contribution in [1.29, 1.82) is 0 Å². The third-order valence-electron chi connectivity index (χ3n) is 11.0. The van der Waals surface area contributed by atoms with Crippen LogP contribution >= 0.6 is 8.60 Å². The maximum atomic E-state index is 12.4. The average molecular weight is 779 g/mol. The van der Waals surface area contributed by atoms with Gasteiger partial charge >= 0.3 is 8.60 Å². The van der Waals surface area contributed by atoms with Gasteiger partial charge in [-0.25, -0.2) is 0 Å². The zero-order chi connectivity index (χ0) is 42.3. The second kappa shape index (κ2) is 14.4. The summed E-state index contributed by atoms with van der Waals surface area (Å²) in [6.07, 6.45) is 0.686. The van der Waals surface area contributed by atoms with E-state index in [1.165, 1.54) is 16.7 Å². The van der Waals surface area contributed by atoms with Gasteiger partial charge in [0.05, 0.1) is 0 Å². The Hall–Kier alpha value is -3.49. The molecule has 0 fully saturated rings. The largest absolute Gasteiger partial charge is 0.530 e. The molecule has 4 aromatic rings. The Morgan fingerprint density at radius 1 is 0.464 bits per heavy atom. The Morgan fingerprint density at radius 3 is 1.21 bits per heavy atom. The van der Waals surface area contributed by atoms with Gasteiger partial charge in [-0.2, -0.15) is 0 Å². The van der Waals surface area contributed by atoms with E-state index in [1.54, 1.807) is 0 Å². The van der Waals surface area contributed by atoms with Crippen LogP contribution in [0.3, 0.4) is 0 Å². The van der Waals surface area contributed by atoms with Crippen molar-refractivity contribution in [3.63, 3.8) is 0 Å². The summed E-state index contributed by atoms with van der Waals surface area (Å²) in [6, 6.07) is 17.9. The smallest absolute Gasteiger partial charge is 0.507 e. The molecule has 1 heterocycles. The molecule has 0 radical (unpaired) electrons. The standard InChI is InChI=1S/C51H71O4P/c1-30-21-32-25-33-22-31(2)24-40(50(15,16)17)44(33)54-56(53-43(32)39(23-30)49(12,13)14)55-45-37(27-35(47(6,7)8)29-41(45)51(18,19)20)36-26-34(46(3,4)5)28-38(42(36)52)48(9,10)11/h21-24,26-29,52H,25H2,1-20H3. The third-order valence-corrected chi connectivity index (χ3v) is 11.9. The van der Waals surface area contributed by atoms with Crippen LogP contribution in [0.5, 0.6) is 23.0 Å². The lowest BCUT2D eigenvalue weighted by atomic mass is 9.75. The molecule has 304 valence electrons. The van der Waals surface area contributed by atoms with Gasteiger partial charge in [0, 0.05) is 39.8 Å². The molecule has 0 saturated heterocycles. The summed E-state index contributed by atoms with van der Waals surface area (Å²) in [5.41, 5.74) is 11.4. The summed E-state index contributed by atoms with van der Waals surface area (Å²) in [5.74, 6) is 2.61. The van der Waals surface area contributed by atoms with Crippen LogP contribution in [0.1, 0.15) is 180 Å². The van der Waals surface area contributed by atoms with Gasteiger partial charge < -0.3 is 18.7 Å². The normalized spacial score (nSPS) is 14.6. The highest BCUT2D eigenvalue weighted by Gasteiger charge is 2.37. The predicted octanol–water partition coefficient (Wildman–Crippen LogP) is 15.1. The van der Waals surface area contributed by atoms with Crippen molar-refractivity contribution in [2.75, 3.05) is 0 Å². The molecule has 0 unspecified atom stereocenters.